The molecule has 5 aliphatic rings. The molecule has 0 aliphatic carbocycles. The lowest BCUT2D eigenvalue weighted by Crippen LogP contribution is -2.53. The number of rotatable bonds is 13. The number of aldehydes is 1. The molecule has 0 radical (unpaired) electrons. The molecule has 0 spiro atoms. The van der Waals surface area contributed by atoms with E-state index in [0.29, 0.717) is 74.5 Å². The summed E-state index contributed by atoms with van der Waals surface area (Å²) in [4.78, 5) is 85.9. The number of nitrogens with zero attached hydrogens (tertiary/aromatic N) is 11. The Morgan fingerprint density at radius 2 is 1.60 bits per heavy atom. The van der Waals surface area contributed by atoms with Gasteiger partial charge in [-0.15, -0.1) is 0 Å². The number of piperidine rings is 1. The number of pyridine rings is 1. The van der Waals surface area contributed by atoms with Crippen molar-refractivity contribution < 1.29 is 33.4 Å². The van der Waals surface area contributed by atoms with E-state index in [9.17, 15) is 24.3 Å². The monoisotopic (exact) mass is 991 g/mol. The molecule has 19 nitrogen and oxygen atoms in total. The summed E-state index contributed by atoms with van der Waals surface area (Å²) in [6, 6.07) is 16.3. The molecule has 3 aromatic heterocycles. The number of aromatic hydroxyl groups is 1. The van der Waals surface area contributed by atoms with Crippen molar-refractivity contribution in [1.29, 1.82) is 0 Å². The van der Waals surface area contributed by atoms with E-state index in [0.717, 1.165) is 92.2 Å². The zero-order valence-corrected chi connectivity index (χ0v) is 41.0. The summed E-state index contributed by atoms with van der Waals surface area (Å²) in [6.07, 6.45) is 7.14. The highest BCUT2D eigenvalue weighted by atomic mass is 19.1. The van der Waals surface area contributed by atoms with Crippen LogP contribution < -0.4 is 35.0 Å². The first-order valence-electron chi connectivity index (χ1n) is 25.3. The maximum Gasteiger partial charge on any atom is 0.319 e. The minimum Gasteiger partial charge on any atom is -0.508 e. The van der Waals surface area contributed by atoms with Crippen LogP contribution in [0.15, 0.2) is 67.1 Å². The number of fused-ring (bicyclic) bond motifs is 4. The van der Waals surface area contributed by atoms with E-state index in [1.165, 1.54) is 11.9 Å². The molecule has 2 bridgehead atoms. The second kappa shape index (κ2) is 20.1. The summed E-state index contributed by atoms with van der Waals surface area (Å²) < 4.78 is 23.4. The molecule has 3 aromatic carbocycles. The van der Waals surface area contributed by atoms with E-state index >= 15 is 4.39 Å². The number of carbonyl (C=O) groups is 4. The van der Waals surface area contributed by atoms with E-state index in [1.807, 2.05) is 30.3 Å². The van der Waals surface area contributed by atoms with Crippen molar-refractivity contribution in [3.63, 3.8) is 0 Å². The maximum atomic E-state index is 17.1. The Morgan fingerprint density at radius 1 is 0.877 bits per heavy atom. The first-order chi connectivity index (χ1) is 35.5. The Kier molecular flexibility index (Phi) is 13.2. The maximum absolute atomic E-state index is 17.1. The summed E-state index contributed by atoms with van der Waals surface area (Å²) in [5.41, 5.74) is 3.01. The van der Waals surface area contributed by atoms with E-state index in [2.05, 4.69) is 52.0 Å². The van der Waals surface area contributed by atoms with E-state index < -0.39 is 23.7 Å². The molecule has 3 unspecified atom stereocenters. The van der Waals surface area contributed by atoms with Crippen molar-refractivity contribution in [3.05, 3.63) is 89.6 Å². The number of imide groups is 1. The highest BCUT2D eigenvalue weighted by Gasteiger charge is 2.36. The number of benzene rings is 3. The van der Waals surface area contributed by atoms with Gasteiger partial charge in [-0.05, 0) is 72.4 Å². The van der Waals surface area contributed by atoms with Crippen molar-refractivity contribution in [2.45, 2.75) is 57.2 Å². The average molecular weight is 992 g/mol. The fraction of sp³-hybridized carbons (Fsp3) is 0.415. The van der Waals surface area contributed by atoms with Gasteiger partial charge in [0.25, 0.3) is 5.91 Å². The number of hydrogen-bond acceptors (Lipinski definition) is 17. The molecular weight excluding hydrogens is 934 g/mol. The van der Waals surface area contributed by atoms with Crippen LogP contribution >= 0.6 is 0 Å². The van der Waals surface area contributed by atoms with Crippen LogP contribution in [0.4, 0.5) is 27.5 Å². The number of phenolic OH excluding ortho intramolecular Hbond substituents is 1. The first kappa shape index (κ1) is 47.7. The van der Waals surface area contributed by atoms with Crippen molar-refractivity contribution in [2.75, 3.05) is 105 Å². The molecular formula is C53H58FN13O6. The second-order valence-corrected chi connectivity index (χ2v) is 19.6. The molecule has 3 N–H and O–H groups in total. The minimum absolute atomic E-state index is 0.0315. The highest BCUT2D eigenvalue weighted by Crippen LogP contribution is 2.39. The molecule has 73 heavy (non-hydrogen) atoms. The van der Waals surface area contributed by atoms with Crippen LogP contribution in [-0.2, 0) is 16.0 Å². The van der Waals surface area contributed by atoms with Gasteiger partial charge in [0.2, 0.25) is 11.8 Å². The third-order valence-electron chi connectivity index (χ3n) is 15.2. The van der Waals surface area contributed by atoms with E-state index in [-0.39, 0.29) is 52.8 Å². The number of carbonyl (C=O) groups excluding carboxylic acids is 4. The van der Waals surface area contributed by atoms with Crippen LogP contribution in [0.5, 0.6) is 11.8 Å². The van der Waals surface area contributed by atoms with Crippen LogP contribution in [0.2, 0.25) is 0 Å². The lowest BCUT2D eigenvalue weighted by Gasteiger charge is -2.38. The molecule has 3 amide bonds. The third-order valence-corrected chi connectivity index (χ3v) is 15.2. The molecule has 6 aromatic rings. The number of nitrogens with one attached hydrogen (secondary N) is 2. The third kappa shape index (κ3) is 9.51. The smallest absolute Gasteiger partial charge is 0.319 e. The lowest BCUT2D eigenvalue weighted by molar-refractivity contribution is -0.136. The molecule has 11 rings (SSSR count). The SMILES string of the molecule is CCc1cccc2cc(O)cc(-c3ncc4c(N5CC6CCC(C5)N6)nc(OCCN5CCN(c6cc(N7CCN(c8ccc(C=O)c(C(=O)N(C)C9CCC(=O)NC9=O)c8)CC7)ncn6)CC5)nc4c3F)c12. The van der Waals surface area contributed by atoms with Crippen molar-refractivity contribution >= 4 is 68.8 Å². The standard InChI is InChI=1S/C53H58FN13O6/c1-3-32-5-4-6-33-23-38(69)25-40(46(32)33)48-47(54)49-41(27-55-48)50(67-28-35-8-9-36(29-67)58-35)61-53(60-49)73-22-21-63-13-15-65(16-14-63)43-26-44(57-31-56-43)66-19-17-64(18-20-66)37-10-7-34(30-68)39(24-37)52(72)62(2)42-11-12-45(70)59-51(42)71/h4-7,10,23-27,30-31,35-36,42,58,69H,3,8-9,11-22,28-29H2,1-2H3,(H,59,70,71). The predicted octanol–water partition coefficient (Wildman–Crippen LogP) is 4.20. The summed E-state index contributed by atoms with van der Waals surface area (Å²) in [6.45, 7) is 10.1. The zero-order chi connectivity index (χ0) is 50.3. The van der Waals surface area contributed by atoms with Gasteiger partial charge in [-0.1, -0.05) is 25.1 Å². The Balaban J connectivity index is 0.730. The fourth-order valence-corrected chi connectivity index (χ4v) is 11.2. The normalized spacial score (nSPS) is 20.5. The van der Waals surface area contributed by atoms with Gasteiger partial charge in [0, 0.05) is 127 Å². The molecule has 3 atom stereocenters. The lowest BCUT2D eigenvalue weighted by atomic mass is 9.95. The topological polar surface area (TPSA) is 206 Å². The number of amides is 3. The molecule has 5 aliphatic heterocycles. The Labute approximate surface area is 421 Å². The van der Waals surface area contributed by atoms with Crippen LogP contribution in [0, 0.1) is 5.82 Å². The van der Waals surface area contributed by atoms with Gasteiger partial charge in [-0.25, -0.2) is 14.4 Å². The number of ether oxygens (including phenoxy) is 1. The van der Waals surface area contributed by atoms with Gasteiger partial charge >= 0.3 is 6.01 Å². The Hall–Kier alpha value is -7.58. The second-order valence-electron chi connectivity index (χ2n) is 19.6. The number of likely N-dealkylation sites (N-methyl/N-ethyl adjacent to an activating group) is 1. The van der Waals surface area contributed by atoms with Crippen molar-refractivity contribution in [3.8, 4) is 23.0 Å². The fourth-order valence-electron chi connectivity index (χ4n) is 11.2. The average Bonchev–Trinajstić information content (AvgIpc) is 3.76. The zero-order valence-electron chi connectivity index (χ0n) is 41.0. The summed E-state index contributed by atoms with van der Waals surface area (Å²) >= 11 is 0. The van der Waals surface area contributed by atoms with Crippen molar-refractivity contribution in [1.82, 2.24) is 45.4 Å². The quantitative estimate of drug-likeness (QED) is 0.110. The largest absolute Gasteiger partial charge is 0.508 e. The van der Waals surface area contributed by atoms with Crippen LogP contribution in [0.3, 0.4) is 0 Å². The number of halogens is 1. The highest BCUT2D eigenvalue weighted by molar-refractivity contribution is 6.07. The Bertz CT molecular complexity index is 3110. The summed E-state index contributed by atoms with van der Waals surface area (Å²) in [5, 5.41) is 18.9. The number of anilines is 4. The van der Waals surface area contributed by atoms with Gasteiger partial charge in [0.05, 0.1) is 10.9 Å². The van der Waals surface area contributed by atoms with Gasteiger partial charge in [0.15, 0.2) is 12.1 Å². The number of phenols is 1. The van der Waals surface area contributed by atoms with Crippen LogP contribution in [0.1, 0.15) is 58.9 Å². The number of aromatic nitrogens is 5. The van der Waals surface area contributed by atoms with Gasteiger partial charge in [-0.3, -0.25) is 34.4 Å². The van der Waals surface area contributed by atoms with Gasteiger partial charge in [-0.2, -0.15) is 9.97 Å². The molecule has 5 fully saturated rings. The van der Waals surface area contributed by atoms with E-state index in [1.54, 1.807) is 36.8 Å². The number of hydrogen-bond donors (Lipinski definition) is 3. The van der Waals surface area contributed by atoms with Crippen molar-refractivity contribution in [2.24, 2.45) is 0 Å². The molecule has 20 heteroatoms. The minimum atomic E-state index is -0.804. The van der Waals surface area contributed by atoms with E-state index in [4.69, 9.17) is 19.7 Å². The Morgan fingerprint density at radius 3 is 2.32 bits per heavy atom. The molecule has 0 saturated carbocycles. The van der Waals surface area contributed by atoms with Gasteiger partial charge in [0.1, 0.15) is 53.4 Å². The summed E-state index contributed by atoms with van der Waals surface area (Å²) in [7, 11) is 1.52. The number of piperazine rings is 3. The number of aryl methyl sites for hydroxylation is 1. The predicted molar refractivity (Wildman–Crippen MR) is 274 cm³/mol. The molecule has 5 saturated heterocycles. The van der Waals surface area contributed by atoms with Crippen LogP contribution in [-0.4, -0.2) is 168 Å². The van der Waals surface area contributed by atoms with Gasteiger partial charge < -0.3 is 39.7 Å². The first-order valence-corrected chi connectivity index (χ1v) is 25.3. The summed E-state index contributed by atoms with van der Waals surface area (Å²) in [5.74, 6) is 0.370. The molecule has 378 valence electrons. The van der Waals surface area contributed by atoms with Crippen LogP contribution in [0.25, 0.3) is 32.9 Å². The molecule has 8 heterocycles.